The summed E-state index contributed by atoms with van der Waals surface area (Å²) in [5, 5.41) is 0. The van der Waals surface area contributed by atoms with Crippen LogP contribution in [0.2, 0.25) is 0 Å². The van der Waals surface area contributed by atoms with Gasteiger partial charge in [-0.2, -0.15) is 0 Å². The van der Waals surface area contributed by atoms with Crippen LogP contribution in [0.25, 0.3) is 0 Å². The van der Waals surface area contributed by atoms with Crippen LogP contribution in [0.4, 0.5) is 0 Å². The van der Waals surface area contributed by atoms with E-state index in [9.17, 15) is 4.79 Å². The molecule has 0 aliphatic heterocycles. The second-order valence-electron chi connectivity index (χ2n) is 3.49. The summed E-state index contributed by atoms with van der Waals surface area (Å²) < 4.78 is 1.74. The van der Waals surface area contributed by atoms with Crippen LogP contribution in [-0.4, -0.2) is 15.5 Å². The molecule has 5 heteroatoms. The second-order valence-corrected chi connectivity index (χ2v) is 3.49. The predicted octanol–water partition coefficient (Wildman–Crippen LogP) is 0.258. The number of nitrogens with zero attached hydrogens (tertiary/aromatic N) is 2. The zero-order chi connectivity index (χ0) is 10.9. The van der Waals surface area contributed by atoms with Crippen LogP contribution in [0.15, 0.2) is 6.20 Å². The molecule has 0 aliphatic rings. The molecule has 1 heterocycles. The van der Waals surface area contributed by atoms with Gasteiger partial charge in [-0.05, 0) is 20.8 Å². The van der Waals surface area contributed by atoms with E-state index in [2.05, 4.69) is 4.98 Å². The Morgan fingerprint density at radius 1 is 1.57 bits per heavy atom. The van der Waals surface area contributed by atoms with E-state index >= 15 is 0 Å². The minimum absolute atomic E-state index is 0.130. The molecule has 0 fully saturated rings. The first-order valence-corrected chi connectivity index (χ1v) is 4.53. The Hall–Kier alpha value is -1.36. The Bertz CT molecular complexity index is 343. The quantitative estimate of drug-likeness (QED) is 0.726. The number of hydrogen-bond acceptors (Lipinski definition) is 3. The maximum Gasteiger partial charge on any atom is 0.240 e. The van der Waals surface area contributed by atoms with Gasteiger partial charge in [0.1, 0.15) is 11.9 Å². The molecule has 14 heavy (non-hydrogen) atoms. The molecule has 5 nitrogen and oxygen atoms in total. The van der Waals surface area contributed by atoms with Crippen LogP contribution in [0.3, 0.4) is 0 Å². The van der Waals surface area contributed by atoms with E-state index < -0.39 is 0 Å². The standard InChI is InChI=1S/C9H16N4O/c1-5(10)8-4-13(7(3)12-8)6(2)9(11)14/h4-6H,10H2,1-3H3,(H2,11,14)/t5-,6?/m0/s1. The summed E-state index contributed by atoms with van der Waals surface area (Å²) in [5.41, 5.74) is 11.7. The molecule has 0 saturated carbocycles. The summed E-state index contributed by atoms with van der Waals surface area (Å²) in [7, 11) is 0. The summed E-state index contributed by atoms with van der Waals surface area (Å²) in [6.45, 7) is 5.41. The summed E-state index contributed by atoms with van der Waals surface area (Å²) in [4.78, 5) is 15.2. The van der Waals surface area contributed by atoms with Crippen molar-refractivity contribution in [3.63, 3.8) is 0 Å². The summed E-state index contributed by atoms with van der Waals surface area (Å²) >= 11 is 0. The molecule has 1 amide bonds. The fraction of sp³-hybridized carbons (Fsp3) is 0.556. The molecule has 1 unspecified atom stereocenters. The fourth-order valence-corrected chi connectivity index (χ4v) is 1.26. The van der Waals surface area contributed by atoms with Crippen LogP contribution in [-0.2, 0) is 4.79 Å². The number of hydrogen-bond donors (Lipinski definition) is 2. The van der Waals surface area contributed by atoms with Crippen molar-refractivity contribution in [1.82, 2.24) is 9.55 Å². The van der Waals surface area contributed by atoms with Crippen molar-refractivity contribution < 1.29 is 4.79 Å². The smallest absolute Gasteiger partial charge is 0.240 e. The van der Waals surface area contributed by atoms with Gasteiger partial charge in [0.2, 0.25) is 5.91 Å². The van der Waals surface area contributed by atoms with Gasteiger partial charge in [-0.3, -0.25) is 4.79 Å². The van der Waals surface area contributed by atoms with Gasteiger partial charge in [0.05, 0.1) is 5.69 Å². The number of nitrogens with two attached hydrogens (primary N) is 2. The van der Waals surface area contributed by atoms with Crippen molar-refractivity contribution in [2.24, 2.45) is 11.5 Å². The first kappa shape index (κ1) is 10.7. The minimum atomic E-state index is -0.380. The average Bonchev–Trinajstić information content (AvgIpc) is 2.46. The number of aromatic nitrogens is 2. The van der Waals surface area contributed by atoms with Gasteiger partial charge in [-0.15, -0.1) is 0 Å². The lowest BCUT2D eigenvalue weighted by Gasteiger charge is -2.10. The maximum absolute atomic E-state index is 11.0. The molecule has 1 rings (SSSR count). The highest BCUT2D eigenvalue weighted by Crippen LogP contribution is 2.14. The normalized spacial score (nSPS) is 15.1. The Balaban J connectivity index is 3.04. The number of amides is 1. The highest BCUT2D eigenvalue weighted by molar-refractivity contribution is 5.78. The maximum atomic E-state index is 11.0. The number of carbonyl (C=O) groups is 1. The van der Waals surface area contributed by atoms with E-state index in [-0.39, 0.29) is 18.0 Å². The van der Waals surface area contributed by atoms with Gasteiger partial charge in [0.15, 0.2) is 0 Å². The molecule has 0 aliphatic carbocycles. The van der Waals surface area contributed by atoms with Gasteiger partial charge in [0.25, 0.3) is 0 Å². The zero-order valence-corrected chi connectivity index (χ0v) is 8.69. The number of imidazole rings is 1. The molecule has 1 aromatic rings. The highest BCUT2D eigenvalue weighted by atomic mass is 16.1. The van der Waals surface area contributed by atoms with Crippen molar-refractivity contribution in [2.45, 2.75) is 32.9 Å². The zero-order valence-electron chi connectivity index (χ0n) is 8.69. The molecule has 0 bridgehead atoms. The average molecular weight is 196 g/mol. The van der Waals surface area contributed by atoms with Crippen LogP contribution < -0.4 is 11.5 Å². The van der Waals surface area contributed by atoms with E-state index in [1.807, 2.05) is 13.8 Å². The van der Waals surface area contributed by atoms with Gasteiger partial charge >= 0.3 is 0 Å². The Morgan fingerprint density at radius 3 is 2.50 bits per heavy atom. The lowest BCUT2D eigenvalue weighted by atomic mass is 10.3. The summed E-state index contributed by atoms with van der Waals surface area (Å²) in [6.07, 6.45) is 1.77. The summed E-state index contributed by atoms with van der Waals surface area (Å²) in [6, 6.07) is -0.509. The van der Waals surface area contributed by atoms with E-state index in [4.69, 9.17) is 11.5 Å². The van der Waals surface area contributed by atoms with Crippen molar-refractivity contribution >= 4 is 5.91 Å². The largest absolute Gasteiger partial charge is 0.368 e. The van der Waals surface area contributed by atoms with E-state index in [1.54, 1.807) is 17.7 Å². The number of primary amides is 1. The highest BCUT2D eigenvalue weighted by Gasteiger charge is 2.15. The van der Waals surface area contributed by atoms with Gasteiger partial charge in [-0.1, -0.05) is 0 Å². The van der Waals surface area contributed by atoms with Crippen LogP contribution in [0.1, 0.15) is 37.4 Å². The third-order valence-corrected chi connectivity index (χ3v) is 2.23. The SMILES string of the molecule is Cc1nc([C@H](C)N)cn1C(C)C(N)=O. The monoisotopic (exact) mass is 196 g/mol. The van der Waals surface area contributed by atoms with Crippen LogP contribution in [0.5, 0.6) is 0 Å². The van der Waals surface area contributed by atoms with Crippen molar-refractivity contribution in [2.75, 3.05) is 0 Å². The molecule has 0 aromatic carbocycles. The third-order valence-electron chi connectivity index (χ3n) is 2.23. The van der Waals surface area contributed by atoms with Crippen LogP contribution in [0, 0.1) is 6.92 Å². The number of carbonyl (C=O) groups excluding carboxylic acids is 1. The van der Waals surface area contributed by atoms with E-state index in [0.29, 0.717) is 0 Å². The number of rotatable bonds is 3. The number of aryl methyl sites for hydroxylation is 1. The first-order chi connectivity index (χ1) is 6.43. The molecule has 0 saturated heterocycles. The van der Waals surface area contributed by atoms with Crippen molar-refractivity contribution in [1.29, 1.82) is 0 Å². The molecule has 2 atom stereocenters. The molecule has 78 valence electrons. The molecular weight excluding hydrogens is 180 g/mol. The molecule has 0 spiro atoms. The van der Waals surface area contributed by atoms with Crippen molar-refractivity contribution in [3.05, 3.63) is 17.7 Å². The van der Waals surface area contributed by atoms with Crippen molar-refractivity contribution in [3.8, 4) is 0 Å². The first-order valence-electron chi connectivity index (χ1n) is 4.53. The molecule has 1 aromatic heterocycles. The molecule has 0 radical (unpaired) electrons. The Kier molecular flexibility index (Phi) is 2.90. The van der Waals surface area contributed by atoms with E-state index in [1.165, 1.54) is 0 Å². The van der Waals surface area contributed by atoms with E-state index in [0.717, 1.165) is 11.5 Å². The Labute approximate surface area is 83.1 Å². The predicted molar refractivity (Wildman–Crippen MR) is 53.5 cm³/mol. The van der Waals surface area contributed by atoms with Gasteiger partial charge < -0.3 is 16.0 Å². The fourth-order valence-electron chi connectivity index (χ4n) is 1.26. The topological polar surface area (TPSA) is 86.9 Å². The second kappa shape index (κ2) is 3.79. The lowest BCUT2D eigenvalue weighted by Crippen LogP contribution is -2.24. The van der Waals surface area contributed by atoms with Gasteiger partial charge in [-0.25, -0.2) is 4.98 Å². The lowest BCUT2D eigenvalue weighted by molar-refractivity contribution is -0.120. The molecular formula is C9H16N4O. The molecule has 4 N–H and O–H groups in total. The third kappa shape index (κ3) is 1.93. The minimum Gasteiger partial charge on any atom is -0.368 e. The summed E-state index contributed by atoms with van der Waals surface area (Å²) in [5.74, 6) is 0.380. The Morgan fingerprint density at radius 2 is 2.14 bits per heavy atom. The van der Waals surface area contributed by atoms with Crippen LogP contribution >= 0.6 is 0 Å². The van der Waals surface area contributed by atoms with Gasteiger partial charge in [0, 0.05) is 12.2 Å².